The predicted octanol–water partition coefficient (Wildman–Crippen LogP) is 4.51. The van der Waals surface area contributed by atoms with Crippen LogP contribution in [-0.4, -0.2) is 17.5 Å². The molecule has 150 valence electrons. The zero-order chi connectivity index (χ0) is 20.6. The zero-order valence-electron chi connectivity index (χ0n) is 16.5. The van der Waals surface area contributed by atoms with Gasteiger partial charge in [0.2, 0.25) is 0 Å². The topological polar surface area (TPSA) is 60.5 Å². The van der Waals surface area contributed by atoms with Gasteiger partial charge in [0.05, 0.1) is 5.69 Å². The molecule has 0 aliphatic carbocycles. The monoisotopic (exact) mass is 398 g/mol. The molecule has 0 aliphatic heterocycles. The number of hydrogen-bond acceptors (Lipinski definition) is 4. The third kappa shape index (κ3) is 5.35. The van der Waals surface area contributed by atoms with Crippen molar-refractivity contribution < 1.29 is 14.3 Å². The fourth-order valence-corrected chi connectivity index (χ4v) is 3.00. The van der Waals surface area contributed by atoms with E-state index < -0.39 is 0 Å². The molecule has 1 heterocycles. The Bertz CT molecular complexity index is 1110. The number of aromatic nitrogens is 1. The number of fused-ring (bicyclic) bond motifs is 1. The van der Waals surface area contributed by atoms with Crippen molar-refractivity contribution in [1.82, 2.24) is 10.3 Å². The number of benzene rings is 3. The average Bonchev–Trinajstić information content (AvgIpc) is 2.81. The molecule has 0 atom stereocenters. The highest BCUT2D eigenvalue weighted by molar-refractivity contribution is 5.84. The highest BCUT2D eigenvalue weighted by Crippen LogP contribution is 2.20. The van der Waals surface area contributed by atoms with Gasteiger partial charge in [-0.05, 0) is 52.7 Å². The molecule has 0 unspecified atom stereocenters. The molecule has 1 amide bonds. The van der Waals surface area contributed by atoms with Crippen molar-refractivity contribution in [2.45, 2.75) is 13.2 Å². The summed E-state index contributed by atoms with van der Waals surface area (Å²) >= 11 is 0. The van der Waals surface area contributed by atoms with Gasteiger partial charge in [-0.1, -0.05) is 48.5 Å². The van der Waals surface area contributed by atoms with Crippen molar-refractivity contribution in [3.05, 3.63) is 102 Å². The van der Waals surface area contributed by atoms with E-state index >= 15 is 0 Å². The Labute approximate surface area is 175 Å². The lowest BCUT2D eigenvalue weighted by Crippen LogP contribution is -2.28. The van der Waals surface area contributed by atoms with Crippen LogP contribution in [0.2, 0.25) is 0 Å². The van der Waals surface area contributed by atoms with E-state index in [1.807, 2.05) is 84.9 Å². The number of ether oxygens (including phenoxy) is 2. The van der Waals surface area contributed by atoms with E-state index in [-0.39, 0.29) is 12.5 Å². The van der Waals surface area contributed by atoms with Gasteiger partial charge in [0.15, 0.2) is 6.61 Å². The Morgan fingerprint density at radius 3 is 2.37 bits per heavy atom. The first kappa shape index (κ1) is 19.5. The van der Waals surface area contributed by atoms with Crippen LogP contribution in [0.4, 0.5) is 0 Å². The maximum Gasteiger partial charge on any atom is 0.258 e. The van der Waals surface area contributed by atoms with Crippen molar-refractivity contribution in [1.29, 1.82) is 0 Å². The maximum absolute atomic E-state index is 12.1. The molecule has 4 aromatic rings. The summed E-state index contributed by atoms with van der Waals surface area (Å²) in [5.74, 6) is 1.27. The van der Waals surface area contributed by atoms with Crippen LogP contribution in [0.25, 0.3) is 10.8 Å². The molecule has 5 nitrogen and oxygen atoms in total. The van der Waals surface area contributed by atoms with Crippen LogP contribution in [0, 0.1) is 0 Å². The lowest BCUT2D eigenvalue weighted by atomic mass is 10.1. The number of rotatable bonds is 8. The van der Waals surface area contributed by atoms with Crippen LogP contribution >= 0.6 is 0 Å². The van der Waals surface area contributed by atoms with E-state index in [0.717, 1.165) is 27.8 Å². The van der Waals surface area contributed by atoms with Gasteiger partial charge >= 0.3 is 0 Å². The average molecular weight is 398 g/mol. The Morgan fingerprint density at radius 1 is 0.800 bits per heavy atom. The molecular weight excluding hydrogens is 376 g/mol. The third-order valence-electron chi connectivity index (χ3n) is 4.62. The Kier molecular flexibility index (Phi) is 6.20. The quantitative estimate of drug-likeness (QED) is 0.474. The van der Waals surface area contributed by atoms with E-state index in [4.69, 9.17) is 9.47 Å². The molecule has 0 fully saturated rings. The van der Waals surface area contributed by atoms with Crippen LogP contribution in [0.5, 0.6) is 11.5 Å². The van der Waals surface area contributed by atoms with Gasteiger partial charge in [-0.25, -0.2) is 0 Å². The minimum atomic E-state index is -0.168. The van der Waals surface area contributed by atoms with Crippen molar-refractivity contribution in [2.24, 2.45) is 0 Å². The standard InChI is InChI=1S/C25H22N2O3/c28-25(18-30-24-13-10-20-5-1-2-6-21(20)15-24)27-16-19-8-11-23(12-9-19)29-17-22-7-3-4-14-26-22/h1-15H,16-18H2,(H,27,28). The minimum Gasteiger partial charge on any atom is -0.487 e. The SMILES string of the molecule is O=C(COc1ccc2ccccc2c1)NCc1ccc(OCc2ccccn2)cc1. The number of pyridine rings is 1. The summed E-state index contributed by atoms with van der Waals surface area (Å²) in [5.41, 5.74) is 1.86. The minimum absolute atomic E-state index is 0.0242. The molecule has 1 N–H and O–H groups in total. The summed E-state index contributed by atoms with van der Waals surface area (Å²) < 4.78 is 11.3. The smallest absolute Gasteiger partial charge is 0.258 e. The first-order valence-corrected chi connectivity index (χ1v) is 9.76. The molecule has 0 bridgehead atoms. The van der Waals surface area contributed by atoms with Crippen LogP contribution < -0.4 is 14.8 Å². The molecule has 0 aliphatic rings. The van der Waals surface area contributed by atoms with Crippen LogP contribution in [-0.2, 0) is 17.9 Å². The number of nitrogens with zero attached hydrogens (tertiary/aromatic N) is 1. The van der Waals surface area contributed by atoms with E-state index in [2.05, 4.69) is 10.3 Å². The second-order valence-corrected chi connectivity index (χ2v) is 6.83. The Morgan fingerprint density at radius 2 is 1.57 bits per heavy atom. The molecule has 30 heavy (non-hydrogen) atoms. The van der Waals surface area contributed by atoms with Gasteiger partial charge in [0.25, 0.3) is 5.91 Å². The number of hydrogen-bond donors (Lipinski definition) is 1. The van der Waals surface area contributed by atoms with Gasteiger partial charge < -0.3 is 14.8 Å². The lowest BCUT2D eigenvalue weighted by molar-refractivity contribution is -0.123. The second-order valence-electron chi connectivity index (χ2n) is 6.83. The summed E-state index contributed by atoms with van der Waals surface area (Å²) in [4.78, 5) is 16.3. The fourth-order valence-electron chi connectivity index (χ4n) is 3.00. The third-order valence-corrected chi connectivity index (χ3v) is 4.62. The summed E-state index contributed by atoms with van der Waals surface area (Å²) in [6.07, 6.45) is 1.74. The molecule has 0 saturated heterocycles. The highest BCUT2D eigenvalue weighted by Gasteiger charge is 2.04. The fraction of sp³-hybridized carbons (Fsp3) is 0.120. The largest absolute Gasteiger partial charge is 0.487 e. The van der Waals surface area contributed by atoms with Gasteiger partial charge in [0, 0.05) is 12.7 Å². The van der Waals surface area contributed by atoms with Gasteiger partial charge in [-0.15, -0.1) is 0 Å². The lowest BCUT2D eigenvalue weighted by Gasteiger charge is -2.09. The van der Waals surface area contributed by atoms with Crippen LogP contribution in [0.1, 0.15) is 11.3 Å². The molecule has 3 aromatic carbocycles. The van der Waals surface area contributed by atoms with E-state index in [1.165, 1.54) is 0 Å². The van der Waals surface area contributed by atoms with Gasteiger partial charge in [-0.2, -0.15) is 0 Å². The molecular formula is C25H22N2O3. The van der Waals surface area contributed by atoms with Gasteiger partial charge in [0.1, 0.15) is 18.1 Å². The Hall–Kier alpha value is -3.86. The first-order valence-electron chi connectivity index (χ1n) is 9.76. The van der Waals surface area contributed by atoms with Gasteiger partial charge in [-0.3, -0.25) is 9.78 Å². The van der Waals surface area contributed by atoms with Crippen molar-refractivity contribution in [3.63, 3.8) is 0 Å². The van der Waals surface area contributed by atoms with E-state index in [9.17, 15) is 4.79 Å². The Balaban J connectivity index is 1.22. The molecule has 0 saturated carbocycles. The highest BCUT2D eigenvalue weighted by atomic mass is 16.5. The van der Waals surface area contributed by atoms with Crippen LogP contribution in [0.3, 0.4) is 0 Å². The first-order chi connectivity index (χ1) is 14.8. The van der Waals surface area contributed by atoms with E-state index in [1.54, 1.807) is 6.20 Å². The summed E-state index contributed by atoms with van der Waals surface area (Å²) in [6.45, 7) is 0.826. The zero-order valence-corrected chi connectivity index (χ0v) is 16.5. The van der Waals surface area contributed by atoms with Crippen LogP contribution in [0.15, 0.2) is 91.1 Å². The summed E-state index contributed by atoms with van der Waals surface area (Å²) in [6, 6.07) is 27.2. The maximum atomic E-state index is 12.1. The summed E-state index contributed by atoms with van der Waals surface area (Å²) in [7, 11) is 0. The second kappa shape index (κ2) is 9.56. The van der Waals surface area contributed by atoms with Crippen molar-refractivity contribution >= 4 is 16.7 Å². The molecule has 5 heteroatoms. The molecule has 1 aromatic heterocycles. The predicted molar refractivity (Wildman–Crippen MR) is 116 cm³/mol. The number of amides is 1. The molecule has 0 radical (unpaired) electrons. The van der Waals surface area contributed by atoms with Crippen molar-refractivity contribution in [3.8, 4) is 11.5 Å². The molecule has 0 spiro atoms. The number of nitrogens with one attached hydrogen (secondary N) is 1. The number of carbonyl (C=O) groups is 1. The summed E-state index contributed by atoms with van der Waals surface area (Å²) in [5, 5.41) is 5.09. The number of carbonyl (C=O) groups excluding carboxylic acids is 1. The normalized spacial score (nSPS) is 10.5. The molecule has 4 rings (SSSR count). The van der Waals surface area contributed by atoms with E-state index in [0.29, 0.717) is 18.9 Å². The van der Waals surface area contributed by atoms with Crippen molar-refractivity contribution in [2.75, 3.05) is 6.61 Å².